The first-order chi connectivity index (χ1) is 12.0. The van der Waals surface area contributed by atoms with E-state index in [1.807, 2.05) is 17.5 Å². The van der Waals surface area contributed by atoms with Crippen molar-refractivity contribution in [2.24, 2.45) is 0 Å². The number of hydrogen-bond acceptors (Lipinski definition) is 5. The lowest BCUT2D eigenvalue weighted by Crippen LogP contribution is -2.43. The van der Waals surface area contributed by atoms with Gasteiger partial charge in [-0.15, -0.1) is 11.3 Å². The molecule has 0 aromatic carbocycles. The summed E-state index contributed by atoms with van der Waals surface area (Å²) in [6.07, 6.45) is 4.95. The molecule has 0 spiro atoms. The Bertz CT molecular complexity index is 741. The number of nitrogens with zero attached hydrogens (tertiary/aromatic N) is 2. The molecule has 7 heteroatoms. The molecule has 1 fully saturated rings. The molecule has 0 bridgehead atoms. The Morgan fingerprint density at radius 2 is 2.16 bits per heavy atom. The first-order valence-corrected chi connectivity index (χ1v) is 9.55. The van der Waals surface area contributed by atoms with Crippen molar-refractivity contribution in [3.8, 4) is 10.6 Å². The lowest BCUT2D eigenvalue weighted by atomic mass is 9.94. The maximum Gasteiger partial charge on any atom is 0.325 e. The van der Waals surface area contributed by atoms with Gasteiger partial charge in [0.15, 0.2) is 5.76 Å². The summed E-state index contributed by atoms with van der Waals surface area (Å²) >= 11 is 1.55. The number of carbonyl (C=O) groups excluding carboxylic acids is 2. The number of unbranched alkanes of at least 4 members (excludes halogenated alkanes) is 3. The van der Waals surface area contributed by atoms with Gasteiger partial charge in [-0.25, -0.2) is 4.79 Å². The summed E-state index contributed by atoms with van der Waals surface area (Å²) in [4.78, 5) is 27.2. The molecule has 0 aliphatic carbocycles. The second-order valence-corrected chi connectivity index (χ2v) is 7.57. The summed E-state index contributed by atoms with van der Waals surface area (Å²) < 4.78 is 5.32. The van der Waals surface area contributed by atoms with E-state index in [0.717, 1.165) is 30.6 Å². The number of carbonyl (C=O) groups is 2. The van der Waals surface area contributed by atoms with Crippen LogP contribution >= 0.6 is 11.3 Å². The van der Waals surface area contributed by atoms with Crippen molar-refractivity contribution in [2.45, 2.75) is 58.0 Å². The normalized spacial score (nSPS) is 20.3. The topological polar surface area (TPSA) is 75.4 Å². The van der Waals surface area contributed by atoms with Crippen LogP contribution in [0.5, 0.6) is 0 Å². The highest BCUT2D eigenvalue weighted by Crippen LogP contribution is 2.28. The Morgan fingerprint density at radius 1 is 1.32 bits per heavy atom. The van der Waals surface area contributed by atoms with Crippen molar-refractivity contribution in [2.75, 3.05) is 0 Å². The molecule has 2 aromatic rings. The average Bonchev–Trinajstić information content (AvgIpc) is 3.30. The lowest BCUT2D eigenvalue weighted by molar-refractivity contribution is -0.131. The van der Waals surface area contributed by atoms with Gasteiger partial charge in [-0.1, -0.05) is 43.8 Å². The van der Waals surface area contributed by atoms with Crippen molar-refractivity contribution in [1.82, 2.24) is 15.4 Å². The molecule has 1 aliphatic heterocycles. The Hall–Kier alpha value is -2.15. The fourth-order valence-corrected chi connectivity index (χ4v) is 3.72. The minimum atomic E-state index is -0.814. The van der Waals surface area contributed by atoms with E-state index >= 15 is 0 Å². The first kappa shape index (κ1) is 17.7. The van der Waals surface area contributed by atoms with Crippen LogP contribution in [-0.2, 0) is 11.3 Å². The van der Waals surface area contributed by atoms with Crippen molar-refractivity contribution < 1.29 is 14.1 Å². The van der Waals surface area contributed by atoms with E-state index in [0.29, 0.717) is 17.9 Å². The molecule has 25 heavy (non-hydrogen) atoms. The molecule has 1 saturated heterocycles. The van der Waals surface area contributed by atoms with Crippen LogP contribution in [0, 0.1) is 0 Å². The minimum absolute atomic E-state index is 0.129. The van der Waals surface area contributed by atoms with Crippen LogP contribution in [0.25, 0.3) is 10.6 Å². The van der Waals surface area contributed by atoms with Crippen molar-refractivity contribution in [3.63, 3.8) is 0 Å². The predicted molar refractivity (Wildman–Crippen MR) is 96.1 cm³/mol. The van der Waals surface area contributed by atoms with Crippen LogP contribution < -0.4 is 5.32 Å². The summed E-state index contributed by atoms with van der Waals surface area (Å²) in [5, 5.41) is 8.80. The Labute approximate surface area is 151 Å². The van der Waals surface area contributed by atoms with E-state index < -0.39 is 5.54 Å². The van der Waals surface area contributed by atoms with Crippen LogP contribution in [0.15, 0.2) is 28.1 Å². The monoisotopic (exact) mass is 361 g/mol. The molecule has 1 aliphatic rings. The third-order valence-electron chi connectivity index (χ3n) is 4.52. The van der Waals surface area contributed by atoms with Crippen LogP contribution in [0.4, 0.5) is 4.79 Å². The Kier molecular flexibility index (Phi) is 5.22. The zero-order valence-electron chi connectivity index (χ0n) is 14.6. The number of urea groups is 1. The molecular weight excluding hydrogens is 338 g/mol. The molecule has 134 valence electrons. The number of amides is 3. The van der Waals surface area contributed by atoms with Crippen LogP contribution in [0.2, 0.25) is 0 Å². The first-order valence-electron chi connectivity index (χ1n) is 8.67. The number of thiophene rings is 1. The number of aromatic nitrogens is 1. The van der Waals surface area contributed by atoms with Crippen LogP contribution in [0.1, 0.15) is 51.6 Å². The number of hydrogen-bond donors (Lipinski definition) is 1. The molecule has 2 aromatic heterocycles. The van der Waals surface area contributed by atoms with Gasteiger partial charge in [0.1, 0.15) is 11.2 Å². The van der Waals surface area contributed by atoms with Gasteiger partial charge in [0.25, 0.3) is 5.91 Å². The fourth-order valence-electron chi connectivity index (χ4n) is 3.05. The average molecular weight is 361 g/mol. The van der Waals surface area contributed by atoms with E-state index in [9.17, 15) is 9.59 Å². The van der Waals surface area contributed by atoms with Crippen molar-refractivity contribution in [3.05, 3.63) is 29.3 Å². The standard InChI is InChI=1S/C18H23N3O3S/c1-3-4-5-6-9-18(2)16(22)21(17(23)19-18)12-13-11-14(24-20-13)15-8-7-10-25-15/h7-8,10-11H,3-6,9,12H2,1-2H3,(H,19,23). The predicted octanol–water partition coefficient (Wildman–Crippen LogP) is 4.18. The van der Waals surface area contributed by atoms with E-state index in [4.69, 9.17) is 4.52 Å². The van der Waals surface area contributed by atoms with Crippen LogP contribution in [-0.4, -0.2) is 27.5 Å². The van der Waals surface area contributed by atoms with Gasteiger partial charge in [-0.2, -0.15) is 0 Å². The summed E-state index contributed by atoms with van der Waals surface area (Å²) in [5.74, 6) is 0.467. The van der Waals surface area contributed by atoms with E-state index in [-0.39, 0.29) is 18.5 Å². The molecule has 3 amide bonds. The Morgan fingerprint density at radius 3 is 2.88 bits per heavy atom. The summed E-state index contributed by atoms with van der Waals surface area (Å²) in [7, 11) is 0. The van der Waals surface area contributed by atoms with E-state index in [2.05, 4.69) is 17.4 Å². The van der Waals surface area contributed by atoms with Gasteiger partial charge in [0, 0.05) is 6.07 Å². The second-order valence-electron chi connectivity index (χ2n) is 6.62. The molecule has 1 unspecified atom stereocenters. The fraction of sp³-hybridized carbons (Fsp3) is 0.500. The highest BCUT2D eigenvalue weighted by molar-refractivity contribution is 7.13. The SMILES string of the molecule is CCCCCCC1(C)NC(=O)N(Cc2cc(-c3cccs3)on2)C1=O. The van der Waals surface area contributed by atoms with Gasteiger partial charge in [-0.3, -0.25) is 9.69 Å². The molecule has 3 rings (SSSR count). The number of nitrogens with one attached hydrogen (secondary N) is 1. The van der Waals surface area contributed by atoms with Crippen molar-refractivity contribution >= 4 is 23.3 Å². The molecule has 3 heterocycles. The van der Waals surface area contributed by atoms with Gasteiger partial charge in [-0.05, 0) is 24.8 Å². The van der Waals surface area contributed by atoms with Gasteiger partial charge in [0.2, 0.25) is 0 Å². The summed E-state index contributed by atoms with van der Waals surface area (Å²) in [6.45, 7) is 4.08. The molecular formula is C18H23N3O3S. The maximum atomic E-state index is 12.7. The van der Waals surface area contributed by atoms with Crippen molar-refractivity contribution in [1.29, 1.82) is 0 Å². The summed E-state index contributed by atoms with van der Waals surface area (Å²) in [6, 6.07) is 5.30. The van der Waals surface area contributed by atoms with E-state index in [1.54, 1.807) is 24.3 Å². The highest BCUT2D eigenvalue weighted by Gasteiger charge is 2.47. The second kappa shape index (κ2) is 7.39. The van der Waals surface area contributed by atoms with E-state index in [1.165, 1.54) is 4.90 Å². The van der Waals surface area contributed by atoms with Gasteiger partial charge in [0.05, 0.1) is 11.4 Å². The highest BCUT2D eigenvalue weighted by atomic mass is 32.1. The number of imide groups is 1. The minimum Gasteiger partial charge on any atom is -0.355 e. The Balaban J connectivity index is 1.64. The zero-order chi connectivity index (χ0) is 17.9. The zero-order valence-corrected chi connectivity index (χ0v) is 15.4. The molecule has 1 N–H and O–H groups in total. The number of rotatable bonds is 8. The molecule has 0 saturated carbocycles. The molecule has 0 radical (unpaired) electrons. The van der Waals surface area contributed by atoms with Gasteiger partial charge < -0.3 is 9.84 Å². The van der Waals surface area contributed by atoms with Crippen LogP contribution in [0.3, 0.4) is 0 Å². The third kappa shape index (κ3) is 3.76. The van der Waals surface area contributed by atoms with Gasteiger partial charge >= 0.3 is 6.03 Å². The molecule has 1 atom stereocenters. The molecule has 6 nitrogen and oxygen atoms in total. The largest absolute Gasteiger partial charge is 0.355 e. The maximum absolute atomic E-state index is 12.7. The quantitative estimate of drug-likeness (QED) is 0.565. The third-order valence-corrected chi connectivity index (χ3v) is 5.40. The summed E-state index contributed by atoms with van der Waals surface area (Å²) in [5.41, 5.74) is -0.243. The smallest absolute Gasteiger partial charge is 0.325 e. The lowest BCUT2D eigenvalue weighted by Gasteiger charge is -2.21.